The SMILES string of the molecule is CC(C)c1nc2ccccc2n1C1CN(C(=O)C2CC(F)(F)C2)C1. The Morgan fingerprint density at radius 2 is 1.92 bits per heavy atom. The number of para-hydroxylation sites is 2. The van der Waals surface area contributed by atoms with Crippen LogP contribution in [0.25, 0.3) is 11.0 Å². The first-order chi connectivity index (χ1) is 11.4. The van der Waals surface area contributed by atoms with E-state index in [0.717, 1.165) is 16.9 Å². The van der Waals surface area contributed by atoms with Crippen LogP contribution in [-0.2, 0) is 4.79 Å². The summed E-state index contributed by atoms with van der Waals surface area (Å²) in [4.78, 5) is 18.7. The quantitative estimate of drug-likeness (QED) is 0.861. The first-order valence-electron chi connectivity index (χ1n) is 8.49. The molecular weight excluding hydrogens is 312 g/mol. The van der Waals surface area contributed by atoms with Crippen LogP contribution in [0.5, 0.6) is 0 Å². The predicted molar refractivity (Wildman–Crippen MR) is 87.1 cm³/mol. The summed E-state index contributed by atoms with van der Waals surface area (Å²) in [5.74, 6) is -1.95. The van der Waals surface area contributed by atoms with Crippen molar-refractivity contribution in [1.82, 2.24) is 14.5 Å². The zero-order chi connectivity index (χ0) is 17.1. The summed E-state index contributed by atoms with van der Waals surface area (Å²) in [7, 11) is 0. The number of likely N-dealkylation sites (tertiary alicyclic amines) is 1. The van der Waals surface area contributed by atoms with E-state index in [2.05, 4.69) is 18.4 Å². The van der Waals surface area contributed by atoms with Gasteiger partial charge < -0.3 is 9.47 Å². The Labute approximate surface area is 139 Å². The molecule has 0 unspecified atom stereocenters. The molecule has 4 nitrogen and oxygen atoms in total. The van der Waals surface area contributed by atoms with Gasteiger partial charge in [0.15, 0.2) is 0 Å². The first-order valence-corrected chi connectivity index (χ1v) is 8.49. The van der Waals surface area contributed by atoms with Crippen molar-refractivity contribution < 1.29 is 13.6 Å². The smallest absolute Gasteiger partial charge is 0.249 e. The number of imidazole rings is 1. The fraction of sp³-hybridized carbons (Fsp3) is 0.556. The Hall–Kier alpha value is -1.98. The number of amides is 1. The van der Waals surface area contributed by atoms with Crippen molar-refractivity contribution in [3.8, 4) is 0 Å². The molecule has 0 bridgehead atoms. The summed E-state index contributed by atoms with van der Waals surface area (Å²) in [5, 5.41) is 0. The summed E-state index contributed by atoms with van der Waals surface area (Å²) in [6, 6.07) is 8.18. The second-order valence-electron chi connectivity index (χ2n) is 7.34. The number of carbonyl (C=O) groups excluding carboxylic acids is 1. The van der Waals surface area contributed by atoms with Gasteiger partial charge in [0.2, 0.25) is 11.8 Å². The molecule has 0 N–H and O–H groups in total. The van der Waals surface area contributed by atoms with Crippen molar-refractivity contribution in [3.63, 3.8) is 0 Å². The van der Waals surface area contributed by atoms with Crippen molar-refractivity contribution in [1.29, 1.82) is 0 Å². The average molecular weight is 333 g/mol. The fourth-order valence-electron chi connectivity index (χ4n) is 3.75. The van der Waals surface area contributed by atoms with Gasteiger partial charge in [0.1, 0.15) is 5.82 Å². The van der Waals surface area contributed by atoms with Crippen LogP contribution in [0.4, 0.5) is 8.78 Å². The van der Waals surface area contributed by atoms with Gasteiger partial charge in [-0.1, -0.05) is 26.0 Å². The summed E-state index contributed by atoms with van der Waals surface area (Å²) in [6.45, 7) is 5.38. The zero-order valence-electron chi connectivity index (χ0n) is 13.9. The molecule has 1 amide bonds. The predicted octanol–water partition coefficient (Wildman–Crippen LogP) is 3.59. The van der Waals surface area contributed by atoms with Gasteiger partial charge in [-0.15, -0.1) is 0 Å². The van der Waals surface area contributed by atoms with Crippen molar-refractivity contribution in [2.24, 2.45) is 5.92 Å². The summed E-state index contributed by atoms with van der Waals surface area (Å²) in [5.41, 5.74) is 2.04. The van der Waals surface area contributed by atoms with Gasteiger partial charge in [0.05, 0.1) is 17.1 Å². The Balaban J connectivity index is 1.52. The first kappa shape index (κ1) is 15.5. The van der Waals surface area contributed by atoms with E-state index in [4.69, 9.17) is 4.98 Å². The van der Waals surface area contributed by atoms with Crippen LogP contribution < -0.4 is 0 Å². The van der Waals surface area contributed by atoms with Crippen LogP contribution in [0.15, 0.2) is 24.3 Å². The van der Waals surface area contributed by atoms with Gasteiger partial charge in [-0.3, -0.25) is 4.79 Å². The zero-order valence-corrected chi connectivity index (χ0v) is 13.9. The minimum atomic E-state index is -2.64. The lowest BCUT2D eigenvalue weighted by molar-refractivity contribution is -0.164. The minimum absolute atomic E-state index is 0.118. The number of fused-ring (bicyclic) bond motifs is 1. The van der Waals surface area contributed by atoms with Crippen molar-refractivity contribution >= 4 is 16.9 Å². The molecule has 128 valence electrons. The lowest BCUT2D eigenvalue weighted by Gasteiger charge is -2.45. The Morgan fingerprint density at radius 3 is 2.54 bits per heavy atom. The largest absolute Gasteiger partial charge is 0.338 e. The highest BCUT2D eigenvalue weighted by atomic mass is 19.3. The lowest BCUT2D eigenvalue weighted by atomic mass is 9.79. The third kappa shape index (κ3) is 2.39. The Kier molecular flexibility index (Phi) is 3.41. The Morgan fingerprint density at radius 1 is 1.25 bits per heavy atom. The average Bonchev–Trinajstić information content (AvgIpc) is 2.83. The van der Waals surface area contributed by atoms with Crippen molar-refractivity contribution in [2.45, 2.75) is 44.6 Å². The van der Waals surface area contributed by atoms with E-state index in [9.17, 15) is 13.6 Å². The maximum atomic E-state index is 13.0. The summed E-state index contributed by atoms with van der Waals surface area (Å²) in [6.07, 6.45) is -0.587. The van der Waals surface area contributed by atoms with Crippen LogP contribution in [0.3, 0.4) is 0 Å². The molecule has 1 aliphatic carbocycles. The molecule has 1 aromatic heterocycles. The molecule has 1 saturated heterocycles. The van der Waals surface area contributed by atoms with E-state index in [1.165, 1.54) is 0 Å². The van der Waals surface area contributed by atoms with Crippen LogP contribution in [-0.4, -0.2) is 39.4 Å². The van der Waals surface area contributed by atoms with Crippen LogP contribution in [0, 0.1) is 5.92 Å². The van der Waals surface area contributed by atoms with E-state index in [0.29, 0.717) is 13.1 Å². The third-order valence-corrected chi connectivity index (χ3v) is 5.12. The molecule has 1 saturated carbocycles. The van der Waals surface area contributed by atoms with Gasteiger partial charge in [0, 0.05) is 37.8 Å². The number of aromatic nitrogens is 2. The number of benzene rings is 1. The van der Waals surface area contributed by atoms with Gasteiger partial charge in [-0.2, -0.15) is 0 Å². The number of hydrogen-bond acceptors (Lipinski definition) is 2. The monoisotopic (exact) mass is 333 g/mol. The molecule has 2 aromatic rings. The topological polar surface area (TPSA) is 38.1 Å². The van der Waals surface area contributed by atoms with Crippen molar-refractivity contribution in [3.05, 3.63) is 30.1 Å². The van der Waals surface area contributed by atoms with Gasteiger partial charge >= 0.3 is 0 Å². The molecule has 2 aliphatic rings. The molecule has 0 atom stereocenters. The Bertz CT molecular complexity index is 785. The molecule has 6 heteroatoms. The van der Waals surface area contributed by atoms with Gasteiger partial charge in [-0.05, 0) is 12.1 Å². The number of rotatable bonds is 3. The highest BCUT2D eigenvalue weighted by Crippen LogP contribution is 2.44. The van der Waals surface area contributed by atoms with Gasteiger partial charge in [0.25, 0.3) is 0 Å². The molecule has 1 aromatic carbocycles. The van der Waals surface area contributed by atoms with E-state index in [1.807, 2.05) is 24.3 Å². The molecule has 0 radical (unpaired) electrons. The molecule has 2 fully saturated rings. The van der Waals surface area contributed by atoms with Crippen LogP contribution in [0.2, 0.25) is 0 Å². The van der Waals surface area contributed by atoms with E-state index in [-0.39, 0.29) is 30.7 Å². The third-order valence-electron chi connectivity index (χ3n) is 5.12. The maximum absolute atomic E-state index is 13.0. The molecule has 1 aliphatic heterocycles. The second kappa shape index (κ2) is 5.26. The van der Waals surface area contributed by atoms with E-state index in [1.54, 1.807) is 4.90 Å². The van der Waals surface area contributed by atoms with Crippen molar-refractivity contribution in [2.75, 3.05) is 13.1 Å². The lowest BCUT2D eigenvalue weighted by Crippen LogP contribution is -2.56. The molecule has 0 spiro atoms. The molecule has 24 heavy (non-hydrogen) atoms. The maximum Gasteiger partial charge on any atom is 0.249 e. The number of hydrogen-bond donors (Lipinski definition) is 0. The number of nitrogens with zero attached hydrogens (tertiary/aromatic N) is 3. The van der Waals surface area contributed by atoms with E-state index >= 15 is 0 Å². The molecule has 4 rings (SSSR count). The summed E-state index contributed by atoms with van der Waals surface area (Å²) < 4.78 is 28.2. The highest BCUT2D eigenvalue weighted by Gasteiger charge is 2.51. The highest BCUT2D eigenvalue weighted by molar-refractivity contribution is 5.81. The standard InChI is InChI=1S/C18H21F2N3O/c1-11(2)16-21-14-5-3-4-6-15(14)23(16)13-9-22(10-13)17(24)12-7-18(19,20)8-12/h3-6,11-13H,7-10H2,1-2H3. The molecular formula is C18H21F2N3O. The number of carbonyl (C=O) groups is 1. The molecule has 2 heterocycles. The fourth-order valence-corrected chi connectivity index (χ4v) is 3.75. The number of alkyl halides is 2. The van der Waals surface area contributed by atoms with Gasteiger partial charge in [-0.25, -0.2) is 13.8 Å². The van der Waals surface area contributed by atoms with Crippen LogP contribution >= 0.6 is 0 Å². The number of halogens is 2. The summed E-state index contributed by atoms with van der Waals surface area (Å²) >= 11 is 0. The van der Waals surface area contributed by atoms with E-state index < -0.39 is 11.8 Å². The minimum Gasteiger partial charge on any atom is -0.338 e. The second-order valence-corrected chi connectivity index (χ2v) is 7.34. The normalized spacial score (nSPS) is 21.1. The van der Waals surface area contributed by atoms with Crippen LogP contribution in [0.1, 0.15) is 44.5 Å².